The molecular formula is C54H99ClI2N6O6. The van der Waals surface area contributed by atoms with Gasteiger partial charge >= 0.3 is 5.97 Å². The fraction of sp³-hybridized carbons (Fsp3) is 0.722. The number of amides is 2. The number of carbonyl (C=O) groups excluding carboxylic acids is 3. The number of ether oxygens (including phenoxy) is 2. The molecule has 2 aliphatic carbocycles. The molecule has 15 heteroatoms. The lowest BCUT2D eigenvalue weighted by Gasteiger charge is -2.41. The molecule has 2 aliphatic rings. The number of rotatable bonds is 22. The molecule has 0 radical (unpaired) electrons. The first-order valence-electron chi connectivity index (χ1n) is 25.1. The first-order chi connectivity index (χ1) is 31.1. The van der Waals surface area contributed by atoms with Gasteiger partial charge in [0.25, 0.3) is 0 Å². The zero-order valence-electron chi connectivity index (χ0n) is 45.6. The molecule has 2 aromatic carbocycles. The minimum Gasteiger partial charge on any atom is -1.00 e. The van der Waals surface area contributed by atoms with Gasteiger partial charge in [-0.05, 0) is 158 Å². The van der Waals surface area contributed by atoms with E-state index in [1.165, 1.54) is 78.1 Å². The molecule has 402 valence electrons. The Morgan fingerprint density at radius 1 is 0.797 bits per heavy atom. The highest BCUT2D eigenvalue weighted by molar-refractivity contribution is 5.89. The second kappa shape index (κ2) is 38.6. The number of benzene rings is 2. The number of nitrogens with zero attached hydrogens (tertiary/aromatic N) is 4. The highest BCUT2D eigenvalue weighted by Gasteiger charge is 2.34. The smallest absolute Gasteiger partial charge is 0.338 e. The summed E-state index contributed by atoms with van der Waals surface area (Å²) in [5.41, 5.74) is 2.55. The summed E-state index contributed by atoms with van der Waals surface area (Å²) in [6, 6.07) is 17.2. The Hall–Kier alpha value is -1.96. The lowest BCUT2D eigenvalue weighted by Crippen LogP contribution is -3.00. The number of hydrogen-bond acceptors (Lipinski definition) is 8. The summed E-state index contributed by atoms with van der Waals surface area (Å²) >= 11 is 0. The quantitative estimate of drug-likeness (QED) is 0.0541. The van der Waals surface area contributed by atoms with Gasteiger partial charge in [-0.25, -0.2) is 4.79 Å². The third kappa shape index (κ3) is 31.3. The second-order valence-electron chi connectivity index (χ2n) is 21.1. The van der Waals surface area contributed by atoms with Gasteiger partial charge in [-0.2, -0.15) is 0 Å². The Morgan fingerprint density at radius 2 is 1.30 bits per heavy atom. The molecule has 2 fully saturated rings. The summed E-state index contributed by atoms with van der Waals surface area (Å²) in [6.07, 6.45) is 19.8. The minimum atomic E-state index is -0.262. The molecular weight excluding hydrogens is 1120 g/mol. The zero-order valence-corrected chi connectivity index (χ0v) is 50.7. The van der Waals surface area contributed by atoms with E-state index in [1.54, 1.807) is 33.3 Å². The molecule has 0 unspecified atom stereocenters. The molecule has 0 bridgehead atoms. The van der Waals surface area contributed by atoms with E-state index in [-0.39, 0.29) is 84.4 Å². The van der Waals surface area contributed by atoms with Crippen LogP contribution in [0.1, 0.15) is 133 Å². The average molecular weight is 1220 g/mol. The van der Waals surface area contributed by atoms with Gasteiger partial charge in [0, 0.05) is 51.4 Å². The van der Waals surface area contributed by atoms with Gasteiger partial charge in [0.15, 0.2) is 0 Å². The van der Waals surface area contributed by atoms with Crippen LogP contribution in [-0.2, 0) is 20.7 Å². The maximum Gasteiger partial charge on any atom is 0.338 e. The van der Waals surface area contributed by atoms with Crippen molar-refractivity contribution in [3.8, 4) is 5.75 Å². The first-order valence-corrected chi connectivity index (χ1v) is 25.1. The number of aliphatic hydroxyl groups is 1. The fourth-order valence-electron chi connectivity index (χ4n) is 8.81. The molecule has 2 saturated carbocycles. The van der Waals surface area contributed by atoms with E-state index < -0.39 is 0 Å². The fourth-order valence-corrected chi connectivity index (χ4v) is 8.81. The van der Waals surface area contributed by atoms with Crippen molar-refractivity contribution in [1.29, 1.82) is 0 Å². The van der Waals surface area contributed by atoms with Crippen LogP contribution in [0.2, 0.25) is 0 Å². The van der Waals surface area contributed by atoms with Crippen LogP contribution in [-0.4, -0.2) is 164 Å². The molecule has 0 saturated heterocycles. The summed E-state index contributed by atoms with van der Waals surface area (Å²) in [5.74, 6) is 2.66. The highest BCUT2D eigenvalue weighted by atomic mass is 127. The SMILES string of the molecule is CCC(CC)(Cc1cccc(OC)c1)NC(=O)CCCO.CCCCNc1ccc(C(=O)OCCN(C)C)cc1.CN(C)C=O.C[N+](C)(C)C1CCC(CC2CCC([N+](C)(C)C)CC2)CC1.Cl.[I-].[I-]. The van der Waals surface area contributed by atoms with E-state index in [1.807, 2.05) is 49.3 Å². The number of hydrogen-bond donors (Lipinski definition) is 3. The van der Waals surface area contributed by atoms with Gasteiger partial charge in [0.05, 0.1) is 67.0 Å². The number of quaternary nitrogens is 2. The van der Waals surface area contributed by atoms with Crippen LogP contribution in [0, 0.1) is 11.8 Å². The highest BCUT2D eigenvalue weighted by Crippen LogP contribution is 2.38. The van der Waals surface area contributed by atoms with Crippen LogP contribution < -0.4 is 63.3 Å². The molecule has 2 aromatic rings. The molecule has 12 nitrogen and oxygen atoms in total. The van der Waals surface area contributed by atoms with Gasteiger partial charge in [-0.15, -0.1) is 12.4 Å². The molecule has 0 aromatic heterocycles. The van der Waals surface area contributed by atoms with Gasteiger partial charge in [-0.1, -0.05) is 39.3 Å². The molecule has 3 N–H and O–H groups in total. The van der Waals surface area contributed by atoms with Gasteiger partial charge < -0.3 is 91.9 Å². The molecule has 0 atom stereocenters. The summed E-state index contributed by atoms with van der Waals surface area (Å²) in [7, 11) is 23.2. The normalized spacial score (nSPS) is 17.7. The van der Waals surface area contributed by atoms with Crippen molar-refractivity contribution in [3.63, 3.8) is 0 Å². The predicted octanol–water partition coefficient (Wildman–Crippen LogP) is 3.34. The van der Waals surface area contributed by atoms with Gasteiger partial charge in [0.2, 0.25) is 12.3 Å². The minimum absolute atomic E-state index is 0. The Morgan fingerprint density at radius 3 is 1.71 bits per heavy atom. The maximum absolute atomic E-state index is 12.0. The molecule has 0 spiro atoms. The van der Waals surface area contributed by atoms with Crippen LogP contribution >= 0.6 is 12.4 Å². The summed E-state index contributed by atoms with van der Waals surface area (Å²) < 4.78 is 12.8. The van der Waals surface area contributed by atoms with Crippen molar-refractivity contribution in [1.82, 2.24) is 15.1 Å². The summed E-state index contributed by atoms with van der Waals surface area (Å²) in [5, 5.41) is 15.3. The number of aliphatic hydroxyl groups excluding tert-OH is 1. The average Bonchev–Trinajstić information content (AvgIpc) is 3.28. The van der Waals surface area contributed by atoms with E-state index in [4.69, 9.17) is 14.6 Å². The van der Waals surface area contributed by atoms with Crippen LogP contribution in [0.4, 0.5) is 5.69 Å². The Balaban J connectivity index is -0.000000883. The molecule has 0 aliphatic heterocycles. The van der Waals surface area contributed by atoms with Crippen LogP contribution in [0.3, 0.4) is 0 Å². The predicted molar refractivity (Wildman–Crippen MR) is 282 cm³/mol. The lowest BCUT2D eigenvalue weighted by molar-refractivity contribution is -0.897. The largest absolute Gasteiger partial charge is 1.00 e. The van der Waals surface area contributed by atoms with Crippen molar-refractivity contribution < 1.29 is 85.9 Å². The number of likely N-dealkylation sites (N-methyl/N-ethyl adjacent to an activating group) is 1. The van der Waals surface area contributed by atoms with Crippen molar-refractivity contribution >= 4 is 36.4 Å². The van der Waals surface area contributed by atoms with Crippen LogP contribution in [0.5, 0.6) is 5.75 Å². The number of unbranched alkanes of at least 4 members (excludes halogenated alkanes) is 1. The number of methoxy groups -OCH3 is 1. The monoisotopic (exact) mass is 1220 g/mol. The summed E-state index contributed by atoms with van der Waals surface area (Å²) in [6.45, 7) is 8.52. The lowest BCUT2D eigenvalue weighted by atomic mass is 9.75. The standard InChI is InChI=1S/C19H40N2.C17H27NO3.C15H24N2O2.C3H7NO.ClH.2HI/c1-20(2,3)18-11-7-16(8-12-18)15-17-9-13-19(14-10-17)21(4,5)6;1-4-17(5-2,18-16(20)10-7-11-19)13-14-8-6-9-15(12-14)21-3;1-4-5-10-16-14-8-6-13(7-9-14)15(18)19-12-11-17(2)3;1-4(2)3-5;;;/h16-19H,7-15H2,1-6H3;6,8-9,12,19H,4-5,7,10-11,13H2,1-3H3,(H,18,20);6-9,16H,4-5,10-12H2,1-3H3;3H,1-2H3;3*1H/q+2;;;;;;/p-2. The molecule has 2 amide bonds. The van der Waals surface area contributed by atoms with E-state index in [2.05, 4.69) is 79.8 Å². The number of anilines is 1. The number of halogens is 3. The topological polar surface area (TPSA) is 120 Å². The first kappa shape index (κ1) is 71.3. The number of nitrogens with one attached hydrogen (secondary N) is 2. The molecule has 0 heterocycles. The number of esters is 1. The molecule has 69 heavy (non-hydrogen) atoms. The van der Waals surface area contributed by atoms with Crippen molar-refractivity contribution in [3.05, 3.63) is 59.7 Å². The van der Waals surface area contributed by atoms with Crippen LogP contribution in [0.15, 0.2) is 48.5 Å². The number of carbonyl (C=O) groups is 3. The van der Waals surface area contributed by atoms with E-state index in [9.17, 15) is 14.4 Å². The third-order valence-electron chi connectivity index (χ3n) is 13.4. The van der Waals surface area contributed by atoms with Gasteiger partial charge in [0.1, 0.15) is 12.4 Å². The van der Waals surface area contributed by atoms with Crippen molar-refractivity contribution in [2.75, 3.05) is 109 Å². The Bertz CT molecular complexity index is 1570. The third-order valence-corrected chi connectivity index (χ3v) is 13.4. The zero-order chi connectivity index (χ0) is 49.8. The maximum atomic E-state index is 12.0. The van der Waals surface area contributed by atoms with E-state index in [0.717, 1.165) is 86.1 Å². The Kier molecular flexibility index (Phi) is 39.9. The van der Waals surface area contributed by atoms with Gasteiger partial charge in [-0.3, -0.25) is 9.59 Å². The van der Waals surface area contributed by atoms with E-state index >= 15 is 0 Å². The Labute approximate surface area is 461 Å². The van der Waals surface area contributed by atoms with Crippen LogP contribution in [0.25, 0.3) is 0 Å². The van der Waals surface area contributed by atoms with Crippen molar-refractivity contribution in [2.24, 2.45) is 11.8 Å². The van der Waals surface area contributed by atoms with Crippen molar-refractivity contribution in [2.45, 2.75) is 141 Å². The summed E-state index contributed by atoms with van der Waals surface area (Å²) in [4.78, 5) is 36.6. The van der Waals surface area contributed by atoms with E-state index in [0.29, 0.717) is 25.0 Å². The molecule has 4 rings (SSSR count). The second-order valence-corrected chi connectivity index (χ2v) is 21.1.